The van der Waals surface area contributed by atoms with Gasteiger partial charge in [-0.3, -0.25) is 0 Å². The average Bonchev–Trinajstić information content (AvgIpc) is 2.80. The molecule has 0 fully saturated rings. The number of hydrogen-bond acceptors (Lipinski definition) is 2. The molecule has 0 amide bonds. The molecule has 0 spiro atoms. The van der Waals surface area contributed by atoms with Crippen LogP contribution in [0.5, 0.6) is 5.75 Å². The van der Waals surface area contributed by atoms with Crippen LogP contribution in [0.15, 0.2) is 42.5 Å². The molecular weight excluding hydrogens is 279 g/mol. The van der Waals surface area contributed by atoms with Crippen LogP contribution in [0.1, 0.15) is 22.7 Å². The first kappa shape index (κ1) is 13.8. The molecule has 110 valence electrons. The molecule has 3 rings (SSSR count). The monoisotopic (exact) mass is 293 g/mol. The van der Waals surface area contributed by atoms with E-state index in [0.29, 0.717) is 0 Å². The van der Waals surface area contributed by atoms with E-state index in [2.05, 4.69) is 16.1 Å². The Labute approximate surface area is 120 Å². The largest absolute Gasteiger partial charge is 0.573 e. The van der Waals surface area contributed by atoms with E-state index in [1.54, 1.807) is 12.1 Å². The number of benzene rings is 2. The third-order valence-corrected chi connectivity index (χ3v) is 3.51. The van der Waals surface area contributed by atoms with Gasteiger partial charge < -0.3 is 10.1 Å². The van der Waals surface area contributed by atoms with Crippen molar-refractivity contribution in [2.24, 2.45) is 0 Å². The predicted molar refractivity (Wildman–Crippen MR) is 74.4 cm³/mol. The summed E-state index contributed by atoms with van der Waals surface area (Å²) in [7, 11) is 0. The quantitative estimate of drug-likeness (QED) is 0.873. The molecule has 2 nitrogen and oxygen atoms in total. The molecule has 0 aliphatic carbocycles. The van der Waals surface area contributed by atoms with E-state index in [1.165, 1.54) is 23.3 Å². The van der Waals surface area contributed by atoms with Crippen LogP contribution in [0.3, 0.4) is 0 Å². The maximum absolute atomic E-state index is 12.3. The SMILES string of the molecule is Cc1ccc2c(c1)CC(c1cccc(OC(F)(F)F)c1)N2. The molecule has 0 saturated heterocycles. The van der Waals surface area contributed by atoms with Crippen LogP contribution >= 0.6 is 0 Å². The van der Waals surface area contributed by atoms with Crippen molar-refractivity contribution in [3.8, 4) is 5.75 Å². The van der Waals surface area contributed by atoms with E-state index in [-0.39, 0.29) is 11.8 Å². The van der Waals surface area contributed by atoms with Gasteiger partial charge in [-0.1, -0.05) is 29.8 Å². The van der Waals surface area contributed by atoms with Gasteiger partial charge in [-0.15, -0.1) is 13.2 Å². The molecule has 1 aliphatic heterocycles. The minimum atomic E-state index is -4.66. The van der Waals surface area contributed by atoms with Crippen molar-refractivity contribution in [3.63, 3.8) is 0 Å². The molecule has 2 aromatic carbocycles. The first-order valence-electron chi connectivity index (χ1n) is 6.62. The standard InChI is InChI=1S/C16H14F3NO/c1-10-5-6-14-12(7-10)9-15(20-14)11-3-2-4-13(8-11)21-16(17,18)19/h2-8,15,20H,9H2,1H3. The summed E-state index contributed by atoms with van der Waals surface area (Å²) in [5, 5.41) is 3.33. The lowest BCUT2D eigenvalue weighted by Gasteiger charge is -2.14. The maximum Gasteiger partial charge on any atom is 0.573 e. The number of aryl methyl sites for hydroxylation is 1. The first-order chi connectivity index (χ1) is 9.90. The highest BCUT2D eigenvalue weighted by Crippen LogP contribution is 2.36. The van der Waals surface area contributed by atoms with Gasteiger partial charge in [0.05, 0.1) is 6.04 Å². The Morgan fingerprint density at radius 1 is 1.14 bits per heavy atom. The summed E-state index contributed by atoms with van der Waals surface area (Å²) in [6, 6.07) is 12.2. The zero-order chi connectivity index (χ0) is 15.0. The van der Waals surface area contributed by atoms with Crippen LogP contribution in [-0.4, -0.2) is 6.36 Å². The Bertz CT molecular complexity index is 667. The molecule has 0 radical (unpaired) electrons. The number of fused-ring (bicyclic) bond motifs is 1. The Kier molecular flexibility index (Phi) is 3.27. The lowest BCUT2D eigenvalue weighted by molar-refractivity contribution is -0.274. The molecular formula is C16H14F3NO. The van der Waals surface area contributed by atoms with Crippen LogP contribution in [-0.2, 0) is 6.42 Å². The van der Waals surface area contributed by atoms with Crippen molar-refractivity contribution in [3.05, 3.63) is 59.2 Å². The second-order valence-electron chi connectivity index (χ2n) is 5.18. The molecule has 1 N–H and O–H groups in total. The molecule has 0 saturated carbocycles. The van der Waals surface area contributed by atoms with Gasteiger partial charge >= 0.3 is 6.36 Å². The van der Waals surface area contributed by atoms with Crippen molar-refractivity contribution in [2.45, 2.75) is 25.7 Å². The summed E-state index contributed by atoms with van der Waals surface area (Å²) < 4.78 is 40.8. The molecule has 1 atom stereocenters. The van der Waals surface area contributed by atoms with E-state index in [9.17, 15) is 13.2 Å². The van der Waals surface area contributed by atoms with Gasteiger partial charge in [0.1, 0.15) is 5.75 Å². The smallest absolute Gasteiger partial charge is 0.406 e. The molecule has 5 heteroatoms. The highest BCUT2D eigenvalue weighted by atomic mass is 19.4. The van der Waals surface area contributed by atoms with E-state index in [0.717, 1.165) is 17.7 Å². The van der Waals surface area contributed by atoms with Gasteiger partial charge in [-0.05, 0) is 42.7 Å². The van der Waals surface area contributed by atoms with Crippen LogP contribution < -0.4 is 10.1 Å². The Morgan fingerprint density at radius 3 is 2.71 bits per heavy atom. The number of ether oxygens (including phenoxy) is 1. The summed E-state index contributed by atoms with van der Waals surface area (Å²) in [4.78, 5) is 0. The van der Waals surface area contributed by atoms with Crippen LogP contribution in [0.25, 0.3) is 0 Å². The van der Waals surface area contributed by atoms with Gasteiger partial charge in [-0.25, -0.2) is 0 Å². The van der Waals surface area contributed by atoms with E-state index in [1.807, 2.05) is 19.1 Å². The number of rotatable bonds is 2. The van der Waals surface area contributed by atoms with Gasteiger partial charge in [0.15, 0.2) is 0 Å². The maximum atomic E-state index is 12.3. The lowest BCUT2D eigenvalue weighted by atomic mass is 10.0. The summed E-state index contributed by atoms with van der Waals surface area (Å²) >= 11 is 0. The Balaban J connectivity index is 1.82. The van der Waals surface area contributed by atoms with Crippen molar-refractivity contribution >= 4 is 5.69 Å². The van der Waals surface area contributed by atoms with Crippen LogP contribution in [0.4, 0.5) is 18.9 Å². The lowest BCUT2D eigenvalue weighted by Crippen LogP contribution is -2.17. The number of hydrogen-bond donors (Lipinski definition) is 1. The summed E-state index contributed by atoms with van der Waals surface area (Å²) in [6.45, 7) is 2.02. The van der Waals surface area contributed by atoms with Crippen LogP contribution in [0.2, 0.25) is 0 Å². The molecule has 2 aromatic rings. The fourth-order valence-electron chi connectivity index (χ4n) is 2.62. The van der Waals surface area contributed by atoms with Crippen molar-refractivity contribution in [1.82, 2.24) is 0 Å². The Morgan fingerprint density at radius 2 is 1.95 bits per heavy atom. The molecule has 1 heterocycles. The highest BCUT2D eigenvalue weighted by molar-refractivity contribution is 5.59. The normalized spacial score (nSPS) is 17.2. The zero-order valence-electron chi connectivity index (χ0n) is 11.4. The third kappa shape index (κ3) is 3.12. The highest BCUT2D eigenvalue weighted by Gasteiger charge is 2.31. The summed E-state index contributed by atoms with van der Waals surface area (Å²) in [5.74, 6) is -0.186. The Hall–Kier alpha value is -2.17. The number of halogens is 3. The van der Waals surface area contributed by atoms with Crippen molar-refractivity contribution in [1.29, 1.82) is 0 Å². The topological polar surface area (TPSA) is 21.3 Å². The fraction of sp³-hybridized carbons (Fsp3) is 0.250. The third-order valence-electron chi connectivity index (χ3n) is 3.51. The van der Waals surface area contributed by atoms with E-state index in [4.69, 9.17) is 0 Å². The predicted octanol–water partition coefficient (Wildman–Crippen LogP) is 4.60. The number of nitrogens with one attached hydrogen (secondary N) is 1. The minimum Gasteiger partial charge on any atom is -0.406 e. The molecule has 21 heavy (non-hydrogen) atoms. The minimum absolute atomic E-state index is 0.0291. The van der Waals surface area contributed by atoms with Gasteiger partial charge in [0.2, 0.25) is 0 Å². The van der Waals surface area contributed by atoms with E-state index < -0.39 is 6.36 Å². The zero-order valence-corrected chi connectivity index (χ0v) is 11.4. The first-order valence-corrected chi connectivity index (χ1v) is 6.62. The molecule has 1 unspecified atom stereocenters. The van der Waals surface area contributed by atoms with Crippen molar-refractivity contribution < 1.29 is 17.9 Å². The van der Waals surface area contributed by atoms with Crippen LogP contribution in [0, 0.1) is 6.92 Å². The molecule has 1 aliphatic rings. The number of anilines is 1. The second-order valence-corrected chi connectivity index (χ2v) is 5.18. The van der Waals surface area contributed by atoms with Gasteiger partial charge in [0, 0.05) is 5.69 Å². The second kappa shape index (κ2) is 4.98. The molecule has 0 aromatic heterocycles. The molecule has 0 bridgehead atoms. The van der Waals surface area contributed by atoms with Gasteiger partial charge in [-0.2, -0.15) is 0 Å². The van der Waals surface area contributed by atoms with E-state index >= 15 is 0 Å². The number of alkyl halides is 3. The van der Waals surface area contributed by atoms with Gasteiger partial charge in [0.25, 0.3) is 0 Å². The van der Waals surface area contributed by atoms with Crippen molar-refractivity contribution in [2.75, 3.05) is 5.32 Å². The fourth-order valence-corrected chi connectivity index (χ4v) is 2.62. The average molecular weight is 293 g/mol. The summed E-state index contributed by atoms with van der Waals surface area (Å²) in [6.07, 6.45) is -3.91. The summed E-state index contributed by atoms with van der Waals surface area (Å²) in [5.41, 5.74) is 4.17.